The van der Waals surface area contributed by atoms with E-state index in [1.165, 1.54) is 0 Å². The van der Waals surface area contributed by atoms with E-state index in [2.05, 4.69) is 15.2 Å². The Labute approximate surface area is 104 Å². The molecule has 92 valence electrons. The van der Waals surface area contributed by atoms with Crippen LogP contribution in [0.1, 0.15) is 41.6 Å². The van der Waals surface area contributed by atoms with Gasteiger partial charge in [-0.15, -0.1) is 5.10 Å². The molecule has 3 rings (SSSR count). The van der Waals surface area contributed by atoms with Crippen LogP contribution < -0.4 is 0 Å². The second kappa shape index (κ2) is 4.33. The van der Waals surface area contributed by atoms with Gasteiger partial charge in [0.25, 0.3) is 5.91 Å². The molecule has 2 aliphatic rings. The van der Waals surface area contributed by atoms with Gasteiger partial charge in [-0.2, -0.15) is 11.8 Å². The molecule has 1 aromatic rings. The normalized spacial score (nSPS) is 23.9. The summed E-state index contributed by atoms with van der Waals surface area (Å²) in [4.78, 5) is 18.3. The number of hydrogen-bond donors (Lipinski definition) is 1. The van der Waals surface area contributed by atoms with Gasteiger partial charge in [-0.25, -0.2) is 4.98 Å². The van der Waals surface area contributed by atoms with Gasteiger partial charge < -0.3 is 4.90 Å². The zero-order valence-electron chi connectivity index (χ0n) is 9.85. The fourth-order valence-electron chi connectivity index (χ4n) is 2.06. The van der Waals surface area contributed by atoms with Crippen LogP contribution in [-0.4, -0.2) is 50.6 Å². The van der Waals surface area contributed by atoms with E-state index in [0.717, 1.165) is 36.6 Å². The first kappa shape index (κ1) is 11.1. The van der Waals surface area contributed by atoms with Crippen molar-refractivity contribution in [3.05, 3.63) is 11.6 Å². The molecular formula is C11H16N4OS. The minimum absolute atomic E-state index is 0.0550. The third-order valence-corrected chi connectivity index (χ3v) is 4.58. The van der Waals surface area contributed by atoms with Gasteiger partial charge in [-0.05, 0) is 25.0 Å². The summed E-state index contributed by atoms with van der Waals surface area (Å²) >= 11 is 1.90. The first-order valence-electron chi connectivity index (χ1n) is 6.03. The average molecular weight is 252 g/mol. The lowest BCUT2D eigenvalue weighted by molar-refractivity contribution is 0.0736. The molecule has 0 aromatic carbocycles. The molecule has 1 N–H and O–H groups in total. The number of carbonyl (C=O) groups excluding carboxylic acids is 1. The van der Waals surface area contributed by atoms with Crippen LogP contribution in [0.25, 0.3) is 0 Å². The summed E-state index contributed by atoms with van der Waals surface area (Å²) in [6.45, 7) is 0. The lowest BCUT2D eigenvalue weighted by atomic mass is 10.2. The van der Waals surface area contributed by atoms with E-state index >= 15 is 0 Å². The second-order valence-corrected chi connectivity index (χ2v) is 5.90. The van der Waals surface area contributed by atoms with E-state index in [9.17, 15) is 4.79 Å². The highest BCUT2D eigenvalue weighted by Crippen LogP contribution is 2.37. The minimum Gasteiger partial charge on any atom is -0.335 e. The molecule has 1 saturated heterocycles. The van der Waals surface area contributed by atoms with Gasteiger partial charge in [-0.1, -0.05) is 0 Å². The van der Waals surface area contributed by atoms with Crippen molar-refractivity contribution in [2.75, 3.05) is 18.6 Å². The number of aromatic amines is 1. The number of H-pyrrole nitrogens is 1. The molecular weight excluding hydrogens is 236 g/mol. The number of rotatable bonds is 3. The van der Waals surface area contributed by atoms with E-state index in [1.54, 1.807) is 4.90 Å². The molecule has 1 aliphatic carbocycles. The Kier molecular flexibility index (Phi) is 2.82. The fourth-order valence-corrected chi connectivity index (χ4v) is 3.33. The van der Waals surface area contributed by atoms with E-state index in [0.29, 0.717) is 17.8 Å². The third kappa shape index (κ3) is 2.18. The summed E-state index contributed by atoms with van der Waals surface area (Å²) < 4.78 is 0. The maximum Gasteiger partial charge on any atom is 0.293 e. The van der Waals surface area contributed by atoms with Crippen LogP contribution in [0.4, 0.5) is 0 Å². The van der Waals surface area contributed by atoms with Gasteiger partial charge in [0.2, 0.25) is 5.82 Å². The Hall–Kier alpha value is -1.04. The summed E-state index contributed by atoms with van der Waals surface area (Å²) in [7, 11) is 1.85. The lowest BCUT2D eigenvalue weighted by Gasteiger charge is -2.22. The van der Waals surface area contributed by atoms with Crippen molar-refractivity contribution < 1.29 is 4.79 Å². The summed E-state index contributed by atoms with van der Waals surface area (Å²) in [6.07, 6.45) is 3.41. The molecule has 1 amide bonds. The first-order valence-corrected chi connectivity index (χ1v) is 7.18. The van der Waals surface area contributed by atoms with Crippen LogP contribution in [0.3, 0.4) is 0 Å². The topological polar surface area (TPSA) is 61.9 Å². The average Bonchev–Trinajstić information content (AvgIpc) is 2.87. The molecule has 2 fully saturated rings. The Bertz CT molecular complexity index is 423. The standard InChI is InChI=1S/C11H16N4OS/c1-15(8-4-5-17-6-8)11(16)10-12-9(13-14-10)7-2-3-7/h7-8H,2-6H2,1H3,(H,12,13,14). The molecule has 0 spiro atoms. The summed E-state index contributed by atoms with van der Waals surface area (Å²) in [5.74, 6) is 3.83. The Balaban J connectivity index is 1.70. The molecule has 1 aromatic heterocycles. The molecule has 6 heteroatoms. The molecule has 5 nitrogen and oxygen atoms in total. The van der Waals surface area contributed by atoms with E-state index < -0.39 is 0 Å². The minimum atomic E-state index is -0.0550. The number of carbonyl (C=O) groups is 1. The van der Waals surface area contributed by atoms with E-state index in [4.69, 9.17) is 0 Å². The molecule has 1 unspecified atom stereocenters. The van der Waals surface area contributed by atoms with E-state index in [1.807, 2.05) is 18.8 Å². The largest absolute Gasteiger partial charge is 0.335 e. The predicted octanol–water partition coefficient (Wildman–Crippen LogP) is 1.26. The molecule has 1 aliphatic heterocycles. The van der Waals surface area contributed by atoms with Crippen molar-refractivity contribution >= 4 is 17.7 Å². The Morgan fingerprint density at radius 2 is 2.29 bits per heavy atom. The number of thioether (sulfide) groups is 1. The molecule has 1 saturated carbocycles. The summed E-state index contributed by atoms with van der Waals surface area (Å²) in [5, 5.41) is 6.92. The van der Waals surface area contributed by atoms with Crippen molar-refractivity contribution in [1.29, 1.82) is 0 Å². The van der Waals surface area contributed by atoms with Crippen LogP contribution in [0.5, 0.6) is 0 Å². The quantitative estimate of drug-likeness (QED) is 0.879. The third-order valence-electron chi connectivity index (χ3n) is 3.43. The van der Waals surface area contributed by atoms with Gasteiger partial charge in [0.05, 0.1) is 0 Å². The van der Waals surface area contributed by atoms with Crippen molar-refractivity contribution in [2.24, 2.45) is 0 Å². The highest BCUT2D eigenvalue weighted by molar-refractivity contribution is 7.99. The van der Waals surface area contributed by atoms with Gasteiger partial charge >= 0.3 is 0 Å². The summed E-state index contributed by atoms with van der Waals surface area (Å²) in [5.41, 5.74) is 0. The number of aromatic nitrogens is 3. The zero-order chi connectivity index (χ0) is 11.8. The monoisotopic (exact) mass is 252 g/mol. The lowest BCUT2D eigenvalue weighted by Crippen LogP contribution is -2.37. The molecule has 2 heterocycles. The maximum atomic E-state index is 12.2. The molecule has 0 radical (unpaired) electrons. The number of nitrogens with zero attached hydrogens (tertiary/aromatic N) is 3. The fraction of sp³-hybridized carbons (Fsp3) is 0.727. The van der Waals surface area contributed by atoms with Crippen LogP contribution in [0.2, 0.25) is 0 Å². The van der Waals surface area contributed by atoms with Gasteiger partial charge in [0.1, 0.15) is 5.82 Å². The molecule has 17 heavy (non-hydrogen) atoms. The van der Waals surface area contributed by atoms with Crippen molar-refractivity contribution in [2.45, 2.75) is 31.2 Å². The Morgan fingerprint density at radius 3 is 2.94 bits per heavy atom. The van der Waals surface area contributed by atoms with Gasteiger partial charge in [-0.3, -0.25) is 9.89 Å². The van der Waals surface area contributed by atoms with Crippen molar-refractivity contribution in [1.82, 2.24) is 20.1 Å². The predicted molar refractivity (Wildman–Crippen MR) is 66.2 cm³/mol. The van der Waals surface area contributed by atoms with Crippen molar-refractivity contribution in [3.8, 4) is 0 Å². The molecule has 1 atom stereocenters. The second-order valence-electron chi connectivity index (χ2n) is 4.75. The highest BCUT2D eigenvalue weighted by atomic mass is 32.2. The van der Waals surface area contributed by atoms with Crippen LogP contribution in [-0.2, 0) is 0 Å². The maximum absolute atomic E-state index is 12.2. The van der Waals surface area contributed by atoms with Crippen LogP contribution in [0, 0.1) is 0 Å². The Morgan fingerprint density at radius 1 is 1.47 bits per heavy atom. The van der Waals surface area contributed by atoms with Gasteiger partial charge in [0, 0.05) is 24.8 Å². The van der Waals surface area contributed by atoms with Crippen LogP contribution in [0.15, 0.2) is 0 Å². The highest BCUT2D eigenvalue weighted by Gasteiger charge is 2.30. The number of nitrogens with one attached hydrogen (secondary N) is 1. The van der Waals surface area contributed by atoms with E-state index in [-0.39, 0.29) is 5.91 Å². The SMILES string of the molecule is CN(C(=O)c1n[nH]c(C2CC2)n1)C1CCSC1. The smallest absolute Gasteiger partial charge is 0.293 e. The number of hydrogen-bond acceptors (Lipinski definition) is 4. The van der Waals surface area contributed by atoms with Gasteiger partial charge in [0.15, 0.2) is 0 Å². The zero-order valence-corrected chi connectivity index (χ0v) is 10.7. The summed E-state index contributed by atoms with van der Waals surface area (Å²) in [6, 6.07) is 0.343. The molecule has 0 bridgehead atoms. The first-order chi connectivity index (χ1) is 8.25. The van der Waals surface area contributed by atoms with Crippen LogP contribution >= 0.6 is 11.8 Å². The number of amides is 1. The van der Waals surface area contributed by atoms with Crippen molar-refractivity contribution in [3.63, 3.8) is 0 Å².